The summed E-state index contributed by atoms with van der Waals surface area (Å²) in [6.07, 6.45) is 2.30. The van der Waals surface area contributed by atoms with Gasteiger partial charge in [0.1, 0.15) is 5.82 Å². The van der Waals surface area contributed by atoms with Crippen molar-refractivity contribution in [3.8, 4) is 11.5 Å². The van der Waals surface area contributed by atoms with E-state index in [1.54, 1.807) is 60.7 Å². The molecule has 0 spiro atoms. The molecule has 6 atom stereocenters. The highest BCUT2D eigenvalue weighted by atomic mass is 127. The van der Waals surface area contributed by atoms with Crippen molar-refractivity contribution >= 4 is 85.1 Å². The second-order valence-electron chi connectivity index (χ2n) is 13.4. The summed E-state index contributed by atoms with van der Waals surface area (Å²) >= 11 is 11.8. The molecule has 2 N–H and O–H groups in total. The topological polar surface area (TPSA) is 116 Å². The van der Waals surface area contributed by atoms with Crippen molar-refractivity contribution in [1.82, 2.24) is 5.01 Å². The molecule has 2 saturated heterocycles. The molecule has 4 aromatic rings. The van der Waals surface area contributed by atoms with Crippen molar-refractivity contribution in [2.24, 2.45) is 23.7 Å². The van der Waals surface area contributed by atoms with E-state index < -0.39 is 52.6 Å². The molecule has 3 fully saturated rings. The van der Waals surface area contributed by atoms with Crippen molar-refractivity contribution in [3.05, 3.63) is 127 Å². The summed E-state index contributed by atoms with van der Waals surface area (Å²) in [4.78, 5) is 59.8. The van der Waals surface area contributed by atoms with Gasteiger partial charge in [0.15, 0.2) is 11.5 Å². The molecule has 4 aromatic carbocycles. The number of halogens is 4. The molecule has 0 aromatic heterocycles. The Balaban J connectivity index is 1.35. The lowest BCUT2D eigenvalue weighted by Crippen LogP contribution is -2.53. The number of hydrazine groups is 1. The molecule has 0 radical (unpaired) electrons. The Kier molecular flexibility index (Phi) is 8.69. The molecule has 4 aliphatic rings. The number of imide groups is 2. The SMILES string of the molecule is COc1cc([C@H]2C3=CC[C@@H]4C(=O)N(c5ccc(Br)cc5)C(=O)[C@@H]4[C@@H]3C[C@H]3C(=O)N(Nc4ccc(F)cc4)C(=O)[C@@]23c2ccc(Cl)cc2)cc(I)c1O. The first-order valence-electron chi connectivity index (χ1n) is 16.5. The molecular formula is C39H29BrClFIN3O6. The monoisotopic (exact) mass is 895 g/mol. The third-order valence-corrected chi connectivity index (χ3v) is 12.5. The van der Waals surface area contributed by atoms with E-state index in [9.17, 15) is 23.9 Å². The number of aromatic hydroxyl groups is 1. The van der Waals surface area contributed by atoms with Crippen molar-refractivity contribution in [3.63, 3.8) is 0 Å². The number of rotatable bonds is 6. The van der Waals surface area contributed by atoms with Crippen LogP contribution in [-0.2, 0) is 24.6 Å². The third kappa shape index (κ3) is 5.19. The molecule has 2 aliphatic carbocycles. The van der Waals surface area contributed by atoms with Crippen LogP contribution in [-0.4, -0.2) is 40.9 Å². The Morgan fingerprint density at radius 2 is 1.63 bits per heavy atom. The van der Waals surface area contributed by atoms with Gasteiger partial charge in [-0.25, -0.2) is 4.39 Å². The fraction of sp³-hybridized carbons (Fsp3) is 0.231. The number of carbonyl (C=O) groups is 4. The van der Waals surface area contributed by atoms with Crippen molar-refractivity contribution in [2.75, 3.05) is 17.4 Å². The Morgan fingerprint density at radius 3 is 2.31 bits per heavy atom. The largest absolute Gasteiger partial charge is 0.504 e. The van der Waals surface area contributed by atoms with Gasteiger partial charge >= 0.3 is 0 Å². The van der Waals surface area contributed by atoms with E-state index in [1.807, 2.05) is 28.7 Å². The van der Waals surface area contributed by atoms with Gasteiger partial charge in [0.2, 0.25) is 11.8 Å². The standard InChI is InChI=1S/C39H29BrClFIN3O6/c1-52-31-17-19(16-30(43)34(31)47)33-26-14-15-27-32(37(50)45(35(27)48)25-12-4-21(40)5-13-25)28(26)18-29-36(49)46(44-24-10-8-23(42)9-11-24)38(51)39(29,33)20-2-6-22(41)7-3-20/h2-14,16-17,27-29,32-33,44,47H,15,18H2,1H3/t27-,28+,29-,32-,33-,39+/m0/s1. The van der Waals surface area contributed by atoms with Gasteiger partial charge in [0.05, 0.1) is 45.2 Å². The molecule has 1 saturated carbocycles. The third-order valence-electron chi connectivity index (χ3n) is 10.9. The lowest BCUT2D eigenvalue weighted by molar-refractivity contribution is -0.138. The Bertz CT molecular complexity index is 2200. The maximum Gasteiger partial charge on any atom is 0.260 e. The summed E-state index contributed by atoms with van der Waals surface area (Å²) in [6, 6.07) is 22.5. The molecule has 0 unspecified atom stereocenters. The number of benzene rings is 4. The van der Waals surface area contributed by atoms with Crippen LogP contribution in [0.25, 0.3) is 0 Å². The summed E-state index contributed by atoms with van der Waals surface area (Å²) < 4.78 is 20.7. The molecule has 2 aliphatic heterocycles. The zero-order valence-electron chi connectivity index (χ0n) is 27.4. The van der Waals surface area contributed by atoms with Gasteiger partial charge < -0.3 is 9.84 Å². The fourth-order valence-electron chi connectivity index (χ4n) is 8.79. The number of ether oxygens (including phenoxy) is 1. The molecule has 8 rings (SSSR count). The van der Waals surface area contributed by atoms with Gasteiger partial charge in [-0.1, -0.05) is 51.3 Å². The number of nitrogens with zero attached hydrogens (tertiary/aromatic N) is 2. The average molecular weight is 897 g/mol. The number of anilines is 2. The highest BCUT2D eigenvalue weighted by Crippen LogP contribution is 2.64. The smallest absolute Gasteiger partial charge is 0.260 e. The molecule has 13 heteroatoms. The van der Waals surface area contributed by atoms with E-state index in [0.717, 1.165) is 15.1 Å². The van der Waals surface area contributed by atoms with E-state index in [4.69, 9.17) is 16.3 Å². The highest BCUT2D eigenvalue weighted by molar-refractivity contribution is 14.1. The summed E-state index contributed by atoms with van der Waals surface area (Å²) in [5.74, 6) is -6.04. The fourth-order valence-corrected chi connectivity index (χ4v) is 9.81. The second kappa shape index (κ2) is 13.0. The van der Waals surface area contributed by atoms with E-state index in [1.165, 1.54) is 36.3 Å². The number of fused-ring (bicyclic) bond motifs is 4. The maximum absolute atomic E-state index is 15.3. The number of carbonyl (C=O) groups excluding carboxylic acids is 4. The number of phenolic OH excluding ortho intramolecular Hbond substituents is 1. The Hall–Kier alpha value is -4.27. The molecule has 2 heterocycles. The number of hydrogen-bond acceptors (Lipinski definition) is 7. The Labute approximate surface area is 325 Å². The minimum atomic E-state index is -1.56. The van der Waals surface area contributed by atoms with Crippen LogP contribution < -0.4 is 15.1 Å². The number of hydrogen-bond donors (Lipinski definition) is 2. The van der Waals surface area contributed by atoms with Crippen LogP contribution >= 0.6 is 50.1 Å². The lowest BCUT2D eigenvalue weighted by Gasteiger charge is -2.50. The van der Waals surface area contributed by atoms with Crippen LogP contribution in [0, 0.1) is 33.1 Å². The minimum absolute atomic E-state index is 0.0795. The zero-order chi connectivity index (χ0) is 36.6. The number of allylic oxidation sites excluding steroid dienone is 2. The van der Waals surface area contributed by atoms with E-state index >= 15 is 4.79 Å². The normalized spacial score (nSPS) is 26.6. The van der Waals surface area contributed by atoms with Crippen LogP contribution in [0.1, 0.15) is 29.9 Å². The first-order valence-corrected chi connectivity index (χ1v) is 18.8. The van der Waals surface area contributed by atoms with Crippen LogP contribution in [0.5, 0.6) is 11.5 Å². The van der Waals surface area contributed by atoms with Crippen LogP contribution in [0.2, 0.25) is 5.02 Å². The van der Waals surface area contributed by atoms with Gasteiger partial charge in [-0.3, -0.25) is 29.5 Å². The van der Waals surface area contributed by atoms with Gasteiger partial charge in [-0.2, -0.15) is 5.01 Å². The van der Waals surface area contributed by atoms with Crippen molar-refractivity contribution in [2.45, 2.75) is 24.2 Å². The van der Waals surface area contributed by atoms with Gasteiger partial charge in [0, 0.05) is 15.4 Å². The molecule has 0 bridgehead atoms. The zero-order valence-corrected chi connectivity index (χ0v) is 31.9. The molecule has 4 amide bonds. The number of nitrogens with one attached hydrogen (secondary N) is 1. The summed E-state index contributed by atoms with van der Waals surface area (Å²) in [5, 5.41) is 12.3. The number of methoxy groups -OCH3 is 1. The van der Waals surface area contributed by atoms with E-state index in [0.29, 0.717) is 31.1 Å². The first kappa shape index (κ1) is 34.8. The van der Waals surface area contributed by atoms with Crippen LogP contribution in [0.3, 0.4) is 0 Å². The van der Waals surface area contributed by atoms with Crippen LogP contribution in [0.15, 0.2) is 101 Å². The predicted molar refractivity (Wildman–Crippen MR) is 203 cm³/mol. The number of amides is 4. The average Bonchev–Trinajstić information content (AvgIpc) is 3.51. The number of phenols is 1. The molecule has 264 valence electrons. The first-order chi connectivity index (χ1) is 24.9. The Morgan fingerprint density at radius 1 is 0.942 bits per heavy atom. The van der Waals surface area contributed by atoms with E-state index in [2.05, 4.69) is 21.4 Å². The summed E-state index contributed by atoms with van der Waals surface area (Å²) in [6.45, 7) is 0. The summed E-state index contributed by atoms with van der Waals surface area (Å²) in [5.41, 5.74) is 4.02. The van der Waals surface area contributed by atoms with Crippen molar-refractivity contribution in [1.29, 1.82) is 0 Å². The van der Waals surface area contributed by atoms with Gasteiger partial charge in [0.25, 0.3) is 11.8 Å². The molecule has 9 nitrogen and oxygen atoms in total. The molecule has 52 heavy (non-hydrogen) atoms. The van der Waals surface area contributed by atoms with Gasteiger partial charge in [-0.15, -0.1) is 0 Å². The van der Waals surface area contributed by atoms with Crippen molar-refractivity contribution < 1.29 is 33.4 Å². The lowest BCUT2D eigenvalue weighted by atomic mass is 9.49. The highest BCUT2D eigenvalue weighted by Gasteiger charge is 2.70. The minimum Gasteiger partial charge on any atom is -0.504 e. The second-order valence-corrected chi connectivity index (χ2v) is 15.9. The maximum atomic E-state index is 15.3. The quantitative estimate of drug-likeness (QED) is 0.116. The van der Waals surface area contributed by atoms with Gasteiger partial charge in [-0.05, 0) is 125 Å². The summed E-state index contributed by atoms with van der Waals surface area (Å²) in [7, 11) is 1.43. The predicted octanol–water partition coefficient (Wildman–Crippen LogP) is 7.75. The van der Waals surface area contributed by atoms with E-state index in [-0.39, 0.29) is 36.2 Å². The molecular weight excluding hydrogens is 868 g/mol. The van der Waals surface area contributed by atoms with Crippen LogP contribution in [0.4, 0.5) is 15.8 Å².